The molecule has 31 heavy (non-hydrogen) atoms. The Labute approximate surface area is 183 Å². The zero-order chi connectivity index (χ0) is 22.4. The number of carbonyl (C=O) groups excluding carboxylic acids is 3. The van der Waals surface area contributed by atoms with Gasteiger partial charge in [-0.15, -0.1) is 0 Å². The van der Waals surface area contributed by atoms with Gasteiger partial charge in [0.1, 0.15) is 11.8 Å². The number of benzene rings is 1. The molecule has 5 atom stereocenters. The molecule has 0 unspecified atom stereocenters. The summed E-state index contributed by atoms with van der Waals surface area (Å²) in [7, 11) is 0. The number of rotatable bonds is 5. The summed E-state index contributed by atoms with van der Waals surface area (Å²) in [5, 5.41) is 6.09. The van der Waals surface area contributed by atoms with Crippen LogP contribution in [0, 0.1) is 23.2 Å². The van der Waals surface area contributed by atoms with E-state index in [0.717, 1.165) is 12.8 Å². The van der Waals surface area contributed by atoms with Crippen LogP contribution in [0.3, 0.4) is 0 Å². The van der Waals surface area contributed by atoms with E-state index < -0.39 is 17.7 Å². The zero-order valence-corrected chi connectivity index (χ0v) is 18.7. The average Bonchev–Trinajstić information content (AvgIpc) is 2.71. The van der Waals surface area contributed by atoms with E-state index in [2.05, 4.69) is 17.6 Å². The number of nitrogens with one attached hydrogen (secondary N) is 2. The molecule has 3 aliphatic carbocycles. The molecule has 1 aromatic carbocycles. The van der Waals surface area contributed by atoms with E-state index in [0.29, 0.717) is 24.2 Å². The van der Waals surface area contributed by atoms with Gasteiger partial charge in [0.25, 0.3) is 5.91 Å². The summed E-state index contributed by atoms with van der Waals surface area (Å²) in [5.74, 6) is -0.316. The van der Waals surface area contributed by atoms with Crippen molar-refractivity contribution in [2.75, 3.05) is 6.61 Å². The van der Waals surface area contributed by atoms with Gasteiger partial charge in [-0.2, -0.15) is 0 Å². The maximum Gasteiger partial charge on any atom is 0.328 e. The predicted molar refractivity (Wildman–Crippen MR) is 114 cm³/mol. The van der Waals surface area contributed by atoms with E-state index in [9.17, 15) is 14.4 Å². The fraction of sp³-hybridized carbons (Fsp3) is 0.625. The predicted octanol–water partition coefficient (Wildman–Crippen LogP) is 3.04. The monoisotopic (exact) mass is 428 g/mol. The van der Waals surface area contributed by atoms with Crippen LogP contribution < -0.4 is 15.4 Å². The number of ether oxygens (including phenoxy) is 2. The van der Waals surface area contributed by atoms with Gasteiger partial charge in [-0.05, 0) is 49.7 Å². The molecular weight excluding hydrogens is 396 g/mol. The topological polar surface area (TPSA) is 93.7 Å². The Kier molecular flexibility index (Phi) is 5.48. The smallest absolute Gasteiger partial charge is 0.328 e. The van der Waals surface area contributed by atoms with Crippen LogP contribution in [-0.4, -0.2) is 36.2 Å². The first-order chi connectivity index (χ1) is 14.7. The number of carbonyl (C=O) groups is 3. The van der Waals surface area contributed by atoms with E-state index in [4.69, 9.17) is 9.47 Å². The lowest BCUT2D eigenvalue weighted by molar-refractivity contribution is -0.169. The molecule has 1 aromatic rings. The Bertz CT molecular complexity index is 900. The second-order valence-corrected chi connectivity index (χ2v) is 9.78. The molecule has 2 bridgehead atoms. The summed E-state index contributed by atoms with van der Waals surface area (Å²) >= 11 is 0. The van der Waals surface area contributed by atoms with Gasteiger partial charge in [0, 0.05) is 18.3 Å². The number of fused-ring (bicyclic) bond motifs is 3. The molecule has 1 aliphatic heterocycles. The van der Waals surface area contributed by atoms with Gasteiger partial charge in [-0.3, -0.25) is 9.59 Å². The molecule has 5 rings (SSSR count). The van der Waals surface area contributed by atoms with Crippen molar-refractivity contribution in [1.82, 2.24) is 10.6 Å². The van der Waals surface area contributed by atoms with Crippen molar-refractivity contribution in [2.45, 2.75) is 65.1 Å². The largest absolute Gasteiger partial charge is 0.467 e. The van der Waals surface area contributed by atoms with Crippen LogP contribution >= 0.6 is 0 Å². The zero-order valence-electron chi connectivity index (χ0n) is 18.7. The minimum atomic E-state index is -0.784. The SMILES string of the molecule is CCOC(=O)[C@@H](NC(=O)[C@@H]1C[C@@H]2CC[C@]1(C)C[C@@]21NC(=O)c2ccccc2O1)C(C)C. The van der Waals surface area contributed by atoms with E-state index in [1.165, 1.54) is 0 Å². The van der Waals surface area contributed by atoms with Crippen molar-refractivity contribution in [3.05, 3.63) is 29.8 Å². The lowest BCUT2D eigenvalue weighted by Gasteiger charge is -2.59. The van der Waals surface area contributed by atoms with Gasteiger partial charge < -0.3 is 20.1 Å². The Balaban J connectivity index is 1.54. The van der Waals surface area contributed by atoms with Gasteiger partial charge in [-0.1, -0.05) is 32.9 Å². The Morgan fingerprint density at radius 3 is 2.74 bits per heavy atom. The van der Waals surface area contributed by atoms with E-state index >= 15 is 0 Å². The third-order valence-electron chi connectivity index (χ3n) is 7.32. The molecule has 7 heteroatoms. The molecule has 0 saturated heterocycles. The molecule has 168 valence electrons. The standard InChI is InChI=1S/C24H32N2O5/c1-5-30-22(29)19(14(2)3)25-21(28)17-12-15-10-11-23(17,4)13-24(15)26-20(27)16-8-6-7-9-18(16)31-24/h6-9,14-15,17,19H,5,10-13H2,1-4H3,(H,25,28)(H,26,27)/t15-,17-,19-,23+,24-/m0/s1. The van der Waals surface area contributed by atoms with Crippen molar-refractivity contribution >= 4 is 17.8 Å². The normalized spacial score (nSPS) is 32.1. The molecule has 2 N–H and O–H groups in total. The second-order valence-electron chi connectivity index (χ2n) is 9.78. The second kappa shape index (κ2) is 7.84. The Hall–Kier alpha value is -2.57. The minimum Gasteiger partial charge on any atom is -0.467 e. The van der Waals surface area contributed by atoms with Crippen LogP contribution in [0.1, 0.15) is 63.7 Å². The maximum absolute atomic E-state index is 13.3. The van der Waals surface area contributed by atoms with E-state index in [1.54, 1.807) is 13.0 Å². The van der Waals surface area contributed by atoms with Crippen LogP contribution in [0.15, 0.2) is 24.3 Å². The van der Waals surface area contributed by atoms with Crippen molar-refractivity contribution in [3.63, 3.8) is 0 Å². The summed E-state index contributed by atoms with van der Waals surface area (Å²) in [6.45, 7) is 7.93. The highest BCUT2D eigenvalue weighted by Crippen LogP contribution is 2.58. The van der Waals surface area contributed by atoms with Crippen LogP contribution in [0.4, 0.5) is 0 Å². The summed E-state index contributed by atoms with van der Waals surface area (Å²) in [6, 6.07) is 6.62. The third kappa shape index (κ3) is 3.68. The fourth-order valence-corrected chi connectivity index (χ4v) is 5.64. The van der Waals surface area contributed by atoms with Gasteiger partial charge in [0.2, 0.25) is 5.91 Å². The van der Waals surface area contributed by atoms with E-state index in [1.807, 2.05) is 32.0 Å². The lowest BCUT2D eigenvalue weighted by atomic mass is 9.52. The van der Waals surface area contributed by atoms with Crippen LogP contribution in [0.25, 0.3) is 0 Å². The average molecular weight is 429 g/mol. The summed E-state index contributed by atoms with van der Waals surface area (Å²) < 4.78 is 11.6. The molecule has 0 aromatic heterocycles. The minimum absolute atomic E-state index is 0.0301. The van der Waals surface area contributed by atoms with Crippen molar-refractivity contribution < 1.29 is 23.9 Å². The fourth-order valence-electron chi connectivity index (χ4n) is 5.64. The number of hydrogen-bond donors (Lipinski definition) is 2. The van der Waals surface area contributed by atoms with Crippen molar-refractivity contribution in [2.24, 2.45) is 23.2 Å². The Morgan fingerprint density at radius 2 is 2.06 bits per heavy atom. The molecule has 1 heterocycles. The summed E-state index contributed by atoms with van der Waals surface area (Å²) in [6.07, 6.45) is 2.94. The van der Waals surface area contributed by atoms with Crippen molar-refractivity contribution in [3.8, 4) is 5.75 Å². The number of esters is 1. The maximum atomic E-state index is 13.3. The highest BCUT2D eigenvalue weighted by Gasteiger charge is 2.62. The molecule has 3 fully saturated rings. The Morgan fingerprint density at radius 1 is 1.32 bits per heavy atom. The van der Waals surface area contributed by atoms with Crippen molar-refractivity contribution in [1.29, 1.82) is 0 Å². The molecule has 3 saturated carbocycles. The highest BCUT2D eigenvalue weighted by molar-refractivity contribution is 5.98. The highest BCUT2D eigenvalue weighted by atomic mass is 16.5. The lowest BCUT2D eigenvalue weighted by Crippen LogP contribution is -2.69. The summed E-state index contributed by atoms with van der Waals surface area (Å²) in [5.41, 5.74) is -0.578. The first-order valence-corrected chi connectivity index (χ1v) is 11.3. The summed E-state index contributed by atoms with van der Waals surface area (Å²) in [4.78, 5) is 38.4. The van der Waals surface area contributed by atoms with E-state index in [-0.39, 0.29) is 41.6 Å². The first kappa shape index (κ1) is 21.7. The van der Waals surface area contributed by atoms with Gasteiger partial charge in [0.05, 0.1) is 12.2 Å². The molecule has 7 nitrogen and oxygen atoms in total. The molecule has 1 spiro atoms. The third-order valence-corrected chi connectivity index (χ3v) is 7.32. The van der Waals surface area contributed by atoms with Gasteiger partial charge in [0.15, 0.2) is 5.72 Å². The van der Waals surface area contributed by atoms with Crippen LogP contribution in [0.2, 0.25) is 0 Å². The van der Waals surface area contributed by atoms with Crippen LogP contribution in [-0.2, 0) is 14.3 Å². The molecule has 4 aliphatic rings. The van der Waals surface area contributed by atoms with Gasteiger partial charge >= 0.3 is 5.97 Å². The molecule has 0 radical (unpaired) electrons. The molecule has 2 amide bonds. The number of amides is 2. The number of para-hydroxylation sites is 1. The first-order valence-electron chi connectivity index (χ1n) is 11.3. The number of hydrogen-bond acceptors (Lipinski definition) is 5. The molecular formula is C24H32N2O5. The van der Waals surface area contributed by atoms with Crippen LogP contribution in [0.5, 0.6) is 5.75 Å². The van der Waals surface area contributed by atoms with Gasteiger partial charge in [-0.25, -0.2) is 4.79 Å². The quantitative estimate of drug-likeness (QED) is 0.703.